The lowest BCUT2D eigenvalue weighted by atomic mass is 9.95. The van der Waals surface area contributed by atoms with Crippen LogP contribution in [0.2, 0.25) is 0 Å². The second kappa shape index (κ2) is 6.26. The van der Waals surface area contributed by atoms with Crippen molar-refractivity contribution in [1.29, 1.82) is 0 Å². The minimum Gasteiger partial charge on any atom is -0.370 e. The van der Waals surface area contributed by atoms with Gasteiger partial charge in [-0.2, -0.15) is 10.2 Å². The molecule has 0 unspecified atom stereocenters. The molecule has 3 aromatic rings. The first-order chi connectivity index (χ1) is 11.8. The molecule has 0 aliphatic heterocycles. The number of rotatable bonds is 4. The predicted octanol–water partition coefficient (Wildman–Crippen LogP) is 3.77. The van der Waals surface area contributed by atoms with Crippen LogP contribution in [-0.4, -0.2) is 31.1 Å². The number of anilines is 1. The third kappa shape index (κ3) is 2.66. The first-order valence-corrected chi connectivity index (χ1v) is 8.87. The van der Waals surface area contributed by atoms with E-state index >= 15 is 0 Å². The molecule has 0 atom stereocenters. The van der Waals surface area contributed by atoms with Crippen LogP contribution < -0.4 is 5.32 Å². The average Bonchev–Trinajstić information content (AvgIpc) is 3.19. The zero-order chi connectivity index (χ0) is 16.5. The Morgan fingerprint density at radius 3 is 2.75 bits per heavy atom. The molecule has 3 heterocycles. The van der Waals surface area contributed by atoms with Gasteiger partial charge >= 0.3 is 0 Å². The zero-order valence-corrected chi connectivity index (χ0v) is 14.4. The first-order valence-electron chi connectivity index (χ1n) is 8.87. The lowest BCUT2D eigenvalue weighted by molar-refractivity contribution is 0.338. The van der Waals surface area contributed by atoms with E-state index in [0.717, 1.165) is 29.0 Å². The Kier molecular flexibility index (Phi) is 3.96. The zero-order valence-electron chi connectivity index (χ0n) is 14.4. The van der Waals surface area contributed by atoms with Gasteiger partial charge in [0.15, 0.2) is 0 Å². The summed E-state index contributed by atoms with van der Waals surface area (Å²) in [6.45, 7) is 2.96. The van der Waals surface area contributed by atoms with Crippen LogP contribution in [0.4, 0.5) is 5.82 Å². The third-order valence-electron chi connectivity index (χ3n) is 4.85. The SMILES string of the molecule is CCNc1cc2c(cn1)c(-c1cnn(C)c1)nn2C1CCCCC1. The molecule has 1 saturated carbocycles. The van der Waals surface area contributed by atoms with Crippen LogP contribution in [0.5, 0.6) is 0 Å². The molecule has 1 aliphatic carbocycles. The summed E-state index contributed by atoms with van der Waals surface area (Å²) in [6, 6.07) is 2.63. The molecule has 1 fully saturated rings. The van der Waals surface area contributed by atoms with Crippen molar-refractivity contribution in [2.75, 3.05) is 11.9 Å². The Labute approximate surface area is 141 Å². The molecule has 4 rings (SSSR count). The summed E-state index contributed by atoms with van der Waals surface area (Å²) in [5.74, 6) is 0.916. The Morgan fingerprint density at radius 1 is 1.21 bits per heavy atom. The maximum Gasteiger partial charge on any atom is 0.128 e. The fraction of sp³-hybridized carbons (Fsp3) is 0.500. The summed E-state index contributed by atoms with van der Waals surface area (Å²) in [5, 5.41) is 13.7. The highest BCUT2D eigenvalue weighted by Crippen LogP contribution is 2.35. The van der Waals surface area contributed by atoms with E-state index < -0.39 is 0 Å². The van der Waals surface area contributed by atoms with E-state index in [-0.39, 0.29) is 0 Å². The number of nitrogens with one attached hydrogen (secondary N) is 1. The van der Waals surface area contributed by atoms with E-state index in [1.54, 1.807) is 0 Å². The van der Waals surface area contributed by atoms with E-state index in [4.69, 9.17) is 5.10 Å². The van der Waals surface area contributed by atoms with Crippen molar-refractivity contribution in [1.82, 2.24) is 24.5 Å². The molecule has 1 aliphatic rings. The molecule has 3 aromatic heterocycles. The van der Waals surface area contributed by atoms with Gasteiger partial charge in [-0.15, -0.1) is 0 Å². The van der Waals surface area contributed by atoms with Gasteiger partial charge in [-0.05, 0) is 19.8 Å². The Balaban J connectivity index is 1.87. The summed E-state index contributed by atoms with van der Waals surface area (Å²) in [5.41, 5.74) is 3.21. The van der Waals surface area contributed by atoms with Crippen LogP contribution in [-0.2, 0) is 7.05 Å². The first kappa shape index (κ1) is 15.2. The molecule has 6 heteroatoms. The fourth-order valence-electron chi connectivity index (χ4n) is 3.67. The van der Waals surface area contributed by atoms with Crippen molar-refractivity contribution >= 4 is 16.7 Å². The molecule has 0 aromatic carbocycles. The molecule has 0 radical (unpaired) electrons. The molecule has 0 spiro atoms. The minimum absolute atomic E-state index is 0.489. The molecular weight excluding hydrogens is 300 g/mol. The van der Waals surface area contributed by atoms with Gasteiger partial charge in [0.05, 0.1) is 17.8 Å². The predicted molar refractivity (Wildman–Crippen MR) is 96.0 cm³/mol. The summed E-state index contributed by atoms with van der Waals surface area (Å²) in [6.07, 6.45) is 12.2. The summed E-state index contributed by atoms with van der Waals surface area (Å²) < 4.78 is 4.06. The molecule has 0 saturated heterocycles. The smallest absolute Gasteiger partial charge is 0.128 e. The number of hydrogen-bond donors (Lipinski definition) is 1. The number of fused-ring (bicyclic) bond motifs is 1. The van der Waals surface area contributed by atoms with Crippen molar-refractivity contribution in [3.8, 4) is 11.3 Å². The Hall–Kier alpha value is -2.37. The second-order valence-corrected chi connectivity index (χ2v) is 6.60. The van der Waals surface area contributed by atoms with Crippen molar-refractivity contribution < 1.29 is 0 Å². The topological polar surface area (TPSA) is 60.6 Å². The van der Waals surface area contributed by atoms with E-state index in [1.807, 2.05) is 30.3 Å². The lowest BCUT2D eigenvalue weighted by Crippen LogP contribution is -2.14. The van der Waals surface area contributed by atoms with Gasteiger partial charge in [-0.25, -0.2) is 4.98 Å². The third-order valence-corrected chi connectivity index (χ3v) is 4.85. The highest BCUT2D eigenvalue weighted by Gasteiger charge is 2.22. The van der Waals surface area contributed by atoms with Crippen LogP contribution in [0, 0.1) is 0 Å². The summed E-state index contributed by atoms with van der Waals surface area (Å²) in [4.78, 5) is 4.56. The lowest BCUT2D eigenvalue weighted by Gasteiger charge is -2.22. The molecule has 0 bridgehead atoms. The van der Waals surface area contributed by atoms with Crippen LogP contribution >= 0.6 is 0 Å². The summed E-state index contributed by atoms with van der Waals surface area (Å²) in [7, 11) is 1.94. The Morgan fingerprint density at radius 2 is 2.04 bits per heavy atom. The average molecular weight is 324 g/mol. The maximum atomic E-state index is 4.99. The van der Waals surface area contributed by atoms with Gasteiger partial charge in [-0.1, -0.05) is 19.3 Å². The Bertz CT molecular complexity index is 840. The number of pyridine rings is 1. The van der Waals surface area contributed by atoms with Crippen molar-refractivity contribution in [3.05, 3.63) is 24.7 Å². The van der Waals surface area contributed by atoms with Gasteiger partial charge in [0, 0.05) is 43.0 Å². The van der Waals surface area contributed by atoms with E-state index in [1.165, 1.54) is 37.6 Å². The van der Waals surface area contributed by atoms with Gasteiger partial charge in [0.1, 0.15) is 11.5 Å². The van der Waals surface area contributed by atoms with E-state index in [0.29, 0.717) is 6.04 Å². The van der Waals surface area contributed by atoms with Gasteiger partial charge in [0.2, 0.25) is 0 Å². The standard InChI is InChI=1S/C18H24N6/c1-3-19-17-9-16-15(11-20-17)18(13-10-21-23(2)12-13)22-24(16)14-7-5-4-6-8-14/h9-12,14H,3-8H2,1-2H3,(H,19,20). The van der Waals surface area contributed by atoms with Gasteiger partial charge in [-0.3, -0.25) is 9.36 Å². The van der Waals surface area contributed by atoms with Gasteiger partial charge < -0.3 is 5.32 Å². The molecule has 1 N–H and O–H groups in total. The number of aromatic nitrogens is 5. The normalized spacial score (nSPS) is 15.9. The molecule has 0 amide bonds. The second-order valence-electron chi connectivity index (χ2n) is 6.60. The van der Waals surface area contributed by atoms with Crippen LogP contribution in [0.3, 0.4) is 0 Å². The van der Waals surface area contributed by atoms with Crippen LogP contribution in [0.25, 0.3) is 22.2 Å². The highest BCUT2D eigenvalue weighted by molar-refractivity contribution is 5.93. The van der Waals surface area contributed by atoms with E-state index in [9.17, 15) is 0 Å². The van der Waals surface area contributed by atoms with Gasteiger partial charge in [0.25, 0.3) is 0 Å². The molecular formula is C18H24N6. The monoisotopic (exact) mass is 324 g/mol. The molecule has 126 valence electrons. The number of nitrogens with zero attached hydrogens (tertiary/aromatic N) is 5. The van der Waals surface area contributed by atoms with Crippen LogP contribution in [0.15, 0.2) is 24.7 Å². The van der Waals surface area contributed by atoms with Crippen LogP contribution in [0.1, 0.15) is 45.1 Å². The van der Waals surface area contributed by atoms with Crippen molar-refractivity contribution in [2.45, 2.75) is 45.1 Å². The highest BCUT2D eigenvalue weighted by atomic mass is 15.3. The number of aryl methyl sites for hydroxylation is 1. The minimum atomic E-state index is 0.489. The van der Waals surface area contributed by atoms with E-state index in [2.05, 4.69) is 33.1 Å². The maximum absolute atomic E-state index is 4.99. The van der Waals surface area contributed by atoms with Crippen molar-refractivity contribution in [3.63, 3.8) is 0 Å². The fourth-order valence-corrected chi connectivity index (χ4v) is 3.67. The molecule has 6 nitrogen and oxygen atoms in total. The summed E-state index contributed by atoms with van der Waals surface area (Å²) >= 11 is 0. The quantitative estimate of drug-likeness (QED) is 0.793. The largest absolute Gasteiger partial charge is 0.370 e. The molecule has 24 heavy (non-hydrogen) atoms. The number of hydrogen-bond acceptors (Lipinski definition) is 4. The van der Waals surface area contributed by atoms with Crippen molar-refractivity contribution in [2.24, 2.45) is 7.05 Å².